The van der Waals surface area contributed by atoms with Gasteiger partial charge in [0.15, 0.2) is 0 Å². The largest absolute Gasteiger partial charge is 0.383 e. The fraction of sp³-hybridized carbons (Fsp3) is 0.600. The van der Waals surface area contributed by atoms with E-state index in [0.717, 1.165) is 32.8 Å². The molecular weight excluding hydrogens is 240 g/mol. The summed E-state index contributed by atoms with van der Waals surface area (Å²) < 4.78 is 10.6. The molecule has 0 saturated carbocycles. The van der Waals surface area contributed by atoms with Crippen LogP contribution in [0.15, 0.2) is 30.3 Å². The molecule has 1 unspecified atom stereocenters. The summed E-state index contributed by atoms with van der Waals surface area (Å²) in [5.74, 6) is 0. The molecule has 108 valence electrons. The zero-order valence-electron chi connectivity index (χ0n) is 12.3. The number of ether oxygens (including phenoxy) is 2. The molecule has 0 heterocycles. The van der Waals surface area contributed by atoms with Crippen molar-refractivity contribution in [1.82, 2.24) is 10.2 Å². The molecule has 0 aliphatic carbocycles. The van der Waals surface area contributed by atoms with E-state index in [1.165, 1.54) is 5.56 Å². The number of benzene rings is 1. The Kier molecular flexibility index (Phi) is 8.41. The van der Waals surface area contributed by atoms with Crippen molar-refractivity contribution < 1.29 is 9.47 Å². The van der Waals surface area contributed by atoms with Crippen molar-refractivity contribution in [3.8, 4) is 0 Å². The molecule has 4 nitrogen and oxygen atoms in total. The number of hydrogen-bond acceptors (Lipinski definition) is 4. The van der Waals surface area contributed by atoms with E-state index in [4.69, 9.17) is 9.47 Å². The third-order valence-electron chi connectivity index (χ3n) is 3.09. The monoisotopic (exact) mass is 266 g/mol. The first-order valence-corrected chi connectivity index (χ1v) is 6.74. The summed E-state index contributed by atoms with van der Waals surface area (Å²) in [6, 6.07) is 10.3. The summed E-state index contributed by atoms with van der Waals surface area (Å²) in [5.41, 5.74) is 1.23. The maximum Gasteiger partial charge on any atom is 0.0947 e. The minimum absolute atomic E-state index is 0.130. The van der Waals surface area contributed by atoms with Gasteiger partial charge in [0.1, 0.15) is 0 Å². The van der Waals surface area contributed by atoms with Crippen LogP contribution in [0.1, 0.15) is 11.7 Å². The maximum absolute atomic E-state index is 5.57. The fourth-order valence-corrected chi connectivity index (χ4v) is 1.93. The lowest BCUT2D eigenvalue weighted by atomic mass is 10.1. The van der Waals surface area contributed by atoms with Crippen LogP contribution in [0.5, 0.6) is 0 Å². The number of likely N-dealkylation sites (N-methyl/N-ethyl adjacent to an activating group) is 1. The van der Waals surface area contributed by atoms with Crippen LogP contribution >= 0.6 is 0 Å². The quantitative estimate of drug-likeness (QED) is 0.651. The third kappa shape index (κ3) is 6.68. The zero-order valence-corrected chi connectivity index (χ0v) is 12.3. The van der Waals surface area contributed by atoms with Crippen molar-refractivity contribution >= 4 is 0 Å². The topological polar surface area (TPSA) is 33.7 Å². The highest BCUT2D eigenvalue weighted by Crippen LogP contribution is 2.16. The predicted molar refractivity (Wildman–Crippen MR) is 78.4 cm³/mol. The van der Waals surface area contributed by atoms with Crippen LogP contribution in [0.3, 0.4) is 0 Å². The van der Waals surface area contributed by atoms with Gasteiger partial charge in [-0.3, -0.25) is 0 Å². The second-order valence-corrected chi connectivity index (χ2v) is 4.64. The van der Waals surface area contributed by atoms with Gasteiger partial charge in [-0.2, -0.15) is 0 Å². The van der Waals surface area contributed by atoms with Crippen molar-refractivity contribution in [1.29, 1.82) is 0 Å². The van der Waals surface area contributed by atoms with Crippen LogP contribution in [0.4, 0.5) is 0 Å². The molecule has 1 aromatic rings. The summed E-state index contributed by atoms with van der Waals surface area (Å²) in [6.07, 6.45) is 0.130. The van der Waals surface area contributed by atoms with Crippen LogP contribution in [-0.2, 0) is 9.47 Å². The van der Waals surface area contributed by atoms with Gasteiger partial charge in [0.25, 0.3) is 0 Å². The van der Waals surface area contributed by atoms with Gasteiger partial charge in [-0.05, 0) is 12.6 Å². The van der Waals surface area contributed by atoms with Crippen molar-refractivity contribution in [2.75, 3.05) is 54.1 Å². The molecule has 0 bridgehead atoms. The van der Waals surface area contributed by atoms with E-state index < -0.39 is 0 Å². The van der Waals surface area contributed by atoms with E-state index in [-0.39, 0.29) is 6.10 Å². The van der Waals surface area contributed by atoms with Crippen LogP contribution in [-0.4, -0.2) is 59.0 Å². The molecule has 0 aromatic heterocycles. The Labute approximate surface area is 116 Å². The van der Waals surface area contributed by atoms with Gasteiger partial charge in [-0.15, -0.1) is 0 Å². The molecule has 0 aliphatic heterocycles. The molecule has 19 heavy (non-hydrogen) atoms. The number of rotatable bonds is 10. The van der Waals surface area contributed by atoms with Gasteiger partial charge in [0, 0.05) is 40.4 Å². The standard InChI is InChI=1S/C15H26N2O2/c1-17(11-9-16-10-12-18-2)13-15(19-3)14-7-5-4-6-8-14/h4-8,15-16H,9-13H2,1-3H3. The minimum Gasteiger partial charge on any atom is -0.383 e. The number of nitrogens with one attached hydrogen (secondary N) is 1. The average molecular weight is 266 g/mol. The first-order chi connectivity index (χ1) is 9.27. The Morgan fingerprint density at radius 3 is 2.53 bits per heavy atom. The molecule has 0 amide bonds. The highest BCUT2D eigenvalue weighted by atomic mass is 16.5. The van der Waals surface area contributed by atoms with Gasteiger partial charge in [0.05, 0.1) is 12.7 Å². The summed E-state index contributed by atoms with van der Waals surface area (Å²) in [6.45, 7) is 4.51. The number of hydrogen-bond donors (Lipinski definition) is 1. The average Bonchev–Trinajstić information content (AvgIpc) is 2.45. The van der Waals surface area contributed by atoms with E-state index in [9.17, 15) is 0 Å². The lowest BCUT2D eigenvalue weighted by Crippen LogP contribution is -2.33. The van der Waals surface area contributed by atoms with Gasteiger partial charge >= 0.3 is 0 Å². The highest BCUT2D eigenvalue weighted by molar-refractivity contribution is 5.17. The first kappa shape index (κ1) is 16.1. The summed E-state index contributed by atoms with van der Waals surface area (Å²) in [7, 11) is 5.60. The Balaban J connectivity index is 2.27. The first-order valence-electron chi connectivity index (χ1n) is 6.74. The summed E-state index contributed by atoms with van der Waals surface area (Å²) in [5, 5.41) is 3.34. The SMILES string of the molecule is COCCNCCN(C)CC(OC)c1ccccc1. The van der Waals surface area contributed by atoms with Gasteiger partial charge in [-0.1, -0.05) is 30.3 Å². The second-order valence-electron chi connectivity index (χ2n) is 4.64. The maximum atomic E-state index is 5.57. The van der Waals surface area contributed by atoms with Gasteiger partial charge < -0.3 is 19.7 Å². The van der Waals surface area contributed by atoms with Gasteiger partial charge in [-0.25, -0.2) is 0 Å². The molecule has 1 aromatic carbocycles. The van der Waals surface area contributed by atoms with Gasteiger partial charge in [0.2, 0.25) is 0 Å². The van der Waals surface area contributed by atoms with E-state index in [0.29, 0.717) is 0 Å². The Hall–Kier alpha value is -0.940. The molecule has 1 atom stereocenters. The zero-order chi connectivity index (χ0) is 13.9. The molecule has 0 fully saturated rings. The van der Waals surface area contributed by atoms with Crippen molar-refractivity contribution in [3.63, 3.8) is 0 Å². The molecular formula is C15H26N2O2. The van der Waals surface area contributed by atoms with E-state index in [1.54, 1.807) is 14.2 Å². The minimum atomic E-state index is 0.130. The normalized spacial score (nSPS) is 12.8. The highest BCUT2D eigenvalue weighted by Gasteiger charge is 2.12. The molecule has 0 aliphatic rings. The molecule has 0 spiro atoms. The predicted octanol–water partition coefficient (Wildman–Crippen LogP) is 1.54. The molecule has 4 heteroatoms. The van der Waals surface area contributed by atoms with Crippen LogP contribution in [0.2, 0.25) is 0 Å². The molecule has 0 radical (unpaired) electrons. The molecule has 0 saturated heterocycles. The number of nitrogens with zero attached hydrogens (tertiary/aromatic N) is 1. The lowest BCUT2D eigenvalue weighted by molar-refractivity contribution is 0.0717. The van der Waals surface area contributed by atoms with Crippen LogP contribution in [0, 0.1) is 0 Å². The van der Waals surface area contributed by atoms with Crippen LogP contribution < -0.4 is 5.32 Å². The van der Waals surface area contributed by atoms with E-state index in [2.05, 4.69) is 29.4 Å². The van der Waals surface area contributed by atoms with Crippen molar-refractivity contribution in [2.24, 2.45) is 0 Å². The van der Waals surface area contributed by atoms with Crippen molar-refractivity contribution in [2.45, 2.75) is 6.10 Å². The van der Waals surface area contributed by atoms with E-state index >= 15 is 0 Å². The number of methoxy groups -OCH3 is 2. The summed E-state index contributed by atoms with van der Waals surface area (Å²) in [4.78, 5) is 2.28. The fourth-order valence-electron chi connectivity index (χ4n) is 1.93. The Morgan fingerprint density at radius 1 is 1.16 bits per heavy atom. The van der Waals surface area contributed by atoms with Crippen LogP contribution in [0.25, 0.3) is 0 Å². The second kappa shape index (κ2) is 9.92. The van der Waals surface area contributed by atoms with E-state index in [1.807, 2.05) is 18.2 Å². The lowest BCUT2D eigenvalue weighted by Gasteiger charge is -2.23. The van der Waals surface area contributed by atoms with Crippen molar-refractivity contribution in [3.05, 3.63) is 35.9 Å². The Morgan fingerprint density at radius 2 is 1.89 bits per heavy atom. The summed E-state index contributed by atoms with van der Waals surface area (Å²) >= 11 is 0. The Bertz CT molecular complexity index is 319. The smallest absolute Gasteiger partial charge is 0.0947 e. The molecule has 1 N–H and O–H groups in total. The molecule has 1 rings (SSSR count). The third-order valence-corrected chi connectivity index (χ3v) is 3.09.